The maximum absolute atomic E-state index is 13.1. The SMILES string of the molecule is C[C@H](C(=O)N(C)C)n1ccc2c(C(=O)NCc3ccc(Cl)c(C(F)(F)F)c3)cccc2c1=O. The Balaban J connectivity index is 1.89. The summed E-state index contributed by atoms with van der Waals surface area (Å²) in [5.74, 6) is -0.815. The third-order valence-corrected chi connectivity index (χ3v) is 5.55. The maximum atomic E-state index is 13.1. The fourth-order valence-electron chi connectivity index (χ4n) is 3.47. The normalized spacial score (nSPS) is 12.5. The van der Waals surface area contributed by atoms with Gasteiger partial charge in [-0.05, 0) is 42.8 Å². The van der Waals surface area contributed by atoms with Gasteiger partial charge in [0.25, 0.3) is 11.5 Å². The van der Waals surface area contributed by atoms with Crippen LogP contribution in [0.2, 0.25) is 5.02 Å². The Hall–Kier alpha value is -3.33. The molecule has 0 aliphatic heterocycles. The van der Waals surface area contributed by atoms with Crippen molar-refractivity contribution in [2.24, 2.45) is 0 Å². The topological polar surface area (TPSA) is 71.4 Å². The van der Waals surface area contributed by atoms with Crippen molar-refractivity contribution < 1.29 is 22.8 Å². The van der Waals surface area contributed by atoms with E-state index in [0.717, 1.165) is 12.1 Å². The predicted octanol–water partition coefficient (Wildman–Crippen LogP) is 4.25. The molecule has 0 saturated heterocycles. The minimum atomic E-state index is -4.61. The molecule has 1 aromatic heterocycles. The molecule has 33 heavy (non-hydrogen) atoms. The van der Waals surface area contributed by atoms with Crippen LogP contribution in [-0.2, 0) is 17.5 Å². The van der Waals surface area contributed by atoms with Crippen LogP contribution in [0, 0.1) is 0 Å². The standard InChI is InChI=1S/C23H21ClF3N3O3/c1-13(21(32)29(2)3)30-10-9-15-16(5-4-6-17(15)22(30)33)20(31)28-12-14-7-8-19(24)18(11-14)23(25,26)27/h4-11,13H,12H2,1-3H3,(H,28,31)/t13-/m1/s1. The lowest BCUT2D eigenvalue weighted by Gasteiger charge is -2.19. The van der Waals surface area contributed by atoms with Crippen LogP contribution >= 0.6 is 11.6 Å². The van der Waals surface area contributed by atoms with Crippen LogP contribution in [0.1, 0.15) is 34.5 Å². The van der Waals surface area contributed by atoms with Gasteiger partial charge >= 0.3 is 6.18 Å². The fourth-order valence-corrected chi connectivity index (χ4v) is 3.69. The minimum Gasteiger partial charge on any atom is -0.348 e. The second-order valence-electron chi connectivity index (χ2n) is 7.70. The molecule has 0 aliphatic rings. The van der Waals surface area contributed by atoms with E-state index in [9.17, 15) is 27.6 Å². The molecule has 6 nitrogen and oxygen atoms in total. The smallest absolute Gasteiger partial charge is 0.348 e. The number of nitrogens with one attached hydrogen (secondary N) is 1. The second-order valence-corrected chi connectivity index (χ2v) is 8.11. The first kappa shape index (κ1) is 24.3. The van der Waals surface area contributed by atoms with Gasteiger partial charge in [-0.1, -0.05) is 23.7 Å². The summed E-state index contributed by atoms with van der Waals surface area (Å²) < 4.78 is 40.5. The van der Waals surface area contributed by atoms with Crippen molar-refractivity contribution in [1.29, 1.82) is 0 Å². The first-order valence-electron chi connectivity index (χ1n) is 9.90. The van der Waals surface area contributed by atoms with Crippen LogP contribution in [0.5, 0.6) is 0 Å². The maximum Gasteiger partial charge on any atom is 0.417 e. The zero-order valence-electron chi connectivity index (χ0n) is 18.0. The highest BCUT2D eigenvalue weighted by Crippen LogP contribution is 2.35. The van der Waals surface area contributed by atoms with Crippen LogP contribution in [0.4, 0.5) is 13.2 Å². The minimum absolute atomic E-state index is 0.166. The highest BCUT2D eigenvalue weighted by Gasteiger charge is 2.33. The highest BCUT2D eigenvalue weighted by molar-refractivity contribution is 6.31. The molecular weight excluding hydrogens is 459 g/mol. The third-order valence-electron chi connectivity index (χ3n) is 5.22. The Morgan fingerprint density at radius 3 is 2.45 bits per heavy atom. The van der Waals surface area contributed by atoms with Crippen LogP contribution in [0.25, 0.3) is 10.8 Å². The number of pyridine rings is 1. The lowest BCUT2D eigenvalue weighted by molar-refractivity contribution is -0.137. The number of hydrogen-bond donors (Lipinski definition) is 1. The molecule has 1 N–H and O–H groups in total. The summed E-state index contributed by atoms with van der Waals surface area (Å²) in [4.78, 5) is 39.4. The Morgan fingerprint density at radius 2 is 1.82 bits per heavy atom. The predicted molar refractivity (Wildman–Crippen MR) is 119 cm³/mol. The van der Waals surface area contributed by atoms with Crippen LogP contribution < -0.4 is 10.9 Å². The number of rotatable bonds is 5. The fraction of sp³-hybridized carbons (Fsp3) is 0.261. The van der Waals surface area contributed by atoms with E-state index in [1.807, 2.05) is 0 Å². The van der Waals surface area contributed by atoms with Gasteiger partial charge < -0.3 is 14.8 Å². The molecule has 2 aromatic carbocycles. The molecule has 0 radical (unpaired) electrons. The van der Waals surface area contributed by atoms with Crippen molar-refractivity contribution in [1.82, 2.24) is 14.8 Å². The number of alkyl halides is 3. The quantitative estimate of drug-likeness (QED) is 0.594. The molecule has 3 rings (SSSR count). The Labute approximate surface area is 192 Å². The molecule has 0 bridgehead atoms. The van der Waals surface area contributed by atoms with E-state index < -0.39 is 34.3 Å². The Morgan fingerprint density at radius 1 is 1.12 bits per heavy atom. The molecule has 1 atom stereocenters. The summed E-state index contributed by atoms with van der Waals surface area (Å²) in [5, 5.41) is 2.76. The average Bonchev–Trinajstić information content (AvgIpc) is 2.76. The molecule has 0 fully saturated rings. The second kappa shape index (κ2) is 9.27. The van der Waals surface area contributed by atoms with E-state index in [2.05, 4.69) is 5.32 Å². The van der Waals surface area contributed by atoms with Gasteiger partial charge in [0.05, 0.1) is 10.6 Å². The molecule has 174 valence electrons. The first-order chi connectivity index (χ1) is 15.4. The van der Waals surface area contributed by atoms with Crippen molar-refractivity contribution in [3.8, 4) is 0 Å². The van der Waals surface area contributed by atoms with Gasteiger partial charge in [-0.15, -0.1) is 0 Å². The zero-order chi connectivity index (χ0) is 24.5. The van der Waals surface area contributed by atoms with Crippen LogP contribution in [-0.4, -0.2) is 35.4 Å². The number of nitrogens with zero attached hydrogens (tertiary/aromatic N) is 2. The third kappa shape index (κ3) is 5.03. The summed E-state index contributed by atoms with van der Waals surface area (Å²) >= 11 is 5.63. The Kier molecular flexibility index (Phi) is 6.83. The van der Waals surface area contributed by atoms with E-state index in [1.165, 1.54) is 33.9 Å². The van der Waals surface area contributed by atoms with Gasteiger partial charge in [-0.3, -0.25) is 14.4 Å². The van der Waals surface area contributed by atoms with Gasteiger partial charge in [0.1, 0.15) is 6.04 Å². The lowest BCUT2D eigenvalue weighted by Crippen LogP contribution is -2.35. The van der Waals surface area contributed by atoms with Gasteiger partial charge in [0, 0.05) is 43.2 Å². The molecular formula is C23H21ClF3N3O3. The van der Waals surface area contributed by atoms with Crippen LogP contribution in [0.3, 0.4) is 0 Å². The summed E-state index contributed by atoms with van der Waals surface area (Å²) in [6, 6.07) is 8.83. The zero-order valence-corrected chi connectivity index (χ0v) is 18.8. The number of carbonyl (C=O) groups excluding carboxylic acids is 2. The summed E-state index contributed by atoms with van der Waals surface area (Å²) in [5.41, 5.74) is -1.01. The average molecular weight is 480 g/mol. The number of carbonyl (C=O) groups is 2. The van der Waals surface area contributed by atoms with E-state index >= 15 is 0 Å². The molecule has 2 amide bonds. The number of fused-ring (bicyclic) bond motifs is 1. The first-order valence-corrected chi connectivity index (χ1v) is 10.3. The van der Waals surface area contributed by atoms with E-state index in [1.54, 1.807) is 33.2 Å². The monoisotopic (exact) mass is 479 g/mol. The van der Waals surface area contributed by atoms with Gasteiger partial charge in [-0.2, -0.15) is 13.2 Å². The van der Waals surface area contributed by atoms with Crippen molar-refractivity contribution in [3.63, 3.8) is 0 Å². The molecule has 3 aromatic rings. The molecule has 0 unspecified atom stereocenters. The number of halogens is 4. The molecule has 0 saturated carbocycles. The van der Waals surface area contributed by atoms with Crippen molar-refractivity contribution >= 4 is 34.2 Å². The lowest BCUT2D eigenvalue weighted by atomic mass is 10.0. The van der Waals surface area contributed by atoms with Gasteiger partial charge in [-0.25, -0.2) is 0 Å². The number of hydrogen-bond acceptors (Lipinski definition) is 3. The number of benzene rings is 2. The largest absolute Gasteiger partial charge is 0.417 e. The van der Waals surface area contributed by atoms with E-state index in [4.69, 9.17) is 11.6 Å². The summed E-state index contributed by atoms with van der Waals surface area (Å²) in [7, 11) is 3.18. The number of aromatic nitrogens is 1. The van der Waals surface area contributed by atoms with Crippen molar-refractivity contribution in [3.05, 3.63) is 80.7 Å². The van der Waals surface area contributed by atoms with Gasteiger partial charge in [0.2, 0.25) is 5.91 Å². The van der Waals surface area contributed by atoms with E-state index in [-0.39, 0.29) is 29.0 Å². The van der Waals surface area contributed by atoms with Crippen molar-refractivity contribution in [2.45, 2.75) is 25.7 Å². The molecule has 0 spiro atoms. The number of likely N-dealkylation sites (N-methyl/N-ethyl adjacent to an activating group) is 1. The molecule has 10 heteroatoms. The Bertz CT molecular complexity index is 1290. The summed E-state index contributed by atoms with van der Waals surface area (Å²) in [6.07, 6.45) is -3.17. The van der Waals surface area contributed by atoms with Crippen molar-refractivity contribution in [2.75, 3.05) is 14.1 Å². The van der Waals surface area contributed by atoms with Crippen LogP contribution in [0.15, 0.2) is 53.5 Å². The highest BCUT2D eigenvalue weighted by atomic mass is 35.5. The van der Waals surface area contributed by atoms with Gasteiger partial charge in [0.15, 0.2) is 0 Å². The summed E-state index contributed by atoms with van der Waals surface area (Å²) in [6.45, 7) is 1.44. The van der Waals surface area contributed by atoms with E-state index in [0.29, 0.717) is 5.39 Å². The number of amides is 2. The molecule has 0 aliphatic carbocycles. The molecule has 1 heterocycles.